The molecule has 4 heterocycles. The van der Waals surface area contributed by atoms with Crippen molar-refractivity contribution in [3.8, 4) is 11.1 Å². The number of rotatable bonds is 11. The van der Waals surface area contributed by atoms with Gasteiger partial charge >= 0.3 is 11.9 Å². The van der Waals surface area contributed by atoms with Crippen LogP contribution < -0.4 is 0 Å². The second-order valence-electron chi connectivity index (χ2n) is 10.5. The molecule has 4 aromatic rings. The van der Waals surface area contributed by atoms with Gasteiger partial charge in [0.15, 0.2) is 0 Å². The lowest BCUT2D eigenvalue weighted by molar-refractivity contribution is -0.141. The van der Waals surface area contributed by atoms with E-state index in [0.29, 0.717) is 35.2 Å². The predicted molar refractivity (Wildman–Crippen MR) is 166 cm³/mol. The Bertz CT molecular complexity index is 1640. The van der Waals surface area contributed by atoms with Crippen LogP contribution in [0.2, 0.25) is 5.02 Å². The van der Waals surface area contributed by atoms with Crippen molar-refractivity contribution in [3.05, 3.63) is 57.3 Å². The molecule has 1 aliphatic rings. The highest BCUT2D eigenvalue weighted by Crippen LogP contribution is 2.44. The molecule has 0 atom stereocenters. The molecule has 0 aliphatic carbocycles. The molecule has 5 rings (SSSR count). The summed E-state index contributed by atoms with van der Waals surface area (Å²) in [5.41, 5.74) is 8.23. The zero-order valence-corrected chi connectivity index (χ0v) is 26.7. The number of esters is 2. The smallest absolute Gasteiger partial charge is 0.354 e. The number of methoxy groups -OCH3 is 1. The number of fused-ring (bicyclic) bond motifs is 2. The summed E-state index contributed by atoms with van der Waals surface area (Å²) < 4.78 is 16.2. The molecule has 1 aromatic carbocycles. The van der Waals surface area contributed by atoms with Gasteiger partial charge in [-0.15, -0.1) is 23.4 Å². The van der Waals surface area contributed by atoms with E-state index in [-0.39, 0.29) is 12.6 Å². The standard InChI is InChI=1S/C30H35Cl2N5O4S/c1-18(38)41-13-7-8-21-22-10-11-23(32)26(28(22)35(2)29(21)30(39)40-4)27-24(34-37-12-6-5-9-25(27)37)17-42-16-19-14-20(15-31)36(3)33-19/h10-11,14H,5-9,12-13,15-17H2,1-4H3. The molecule has 42 heavy (non-hydrogen) atoms. The number of alkyl halides is 1. The number of aryl methyl sites for hydroxylation is 4. The fraction of sp³-hybridized carbons (Fsp3) is 0.467. The largest absolute Gasteiger partial charge is 0.466 e. The number of ether oxygens (including phenoxy) is 2. The van der Waals surface area contributed by atoms with Crippen molar-refractivity contribution in [1.82, 2.24) is 24.1 Å². The first-order valence-electron chi connectivity index (χ1n) is 14.0. The number of carbonyl (C=O) groups excluding carboxylic acids is 2. The first-order valence-corrected chi connectivity index (χ1v) is 16.1. The summed E-state index contributed by atoms with van der Waals surface area (Å²) in [6, 6.07) is 5.91. The number of hydrogen-bond donors (Lipinski definition) is 0. The Morgan fingerprint density at radius 2 is 1.93 bits per heavy atom. The lowest BCUT2D eigenvalue weighted by atomic mass is 9.95. The summed E-state index contributed by atoms with van der Waals surface area (Å²) >= 11 is 14.8. The van der Waals surface area contributed by atoms with E-state index in [9.17, 15) is 9.59 Å². The Hall–Kier alpha value is -2.95. The highest BCUT2D eigenvalue weighted by molar-refractivity contribution is 7.97. The van der Waals surface area contributed by atoms with Gasteiger partial charge in [0.05, 0.1) is 47.2 Å². The van der Waals surface area contributed by atoms with Crippen molar-refractivity contribution < 1.29 is 19.1 Å². The summed E-state index contributed by atoms with van der Waals surface area (Å²) in [5.74, 6) is 1.09. The van der Waals surface area contributed by atoms with Crippen LogP contribution in [-0.4, -0.2) is 49.8 Å². The SMILES string of the molecule is COC(=O)c1c(CCCOC(C)=O)c2ccc(Cl)c(-c3c(CSCc4cc(CCl)n(C)n4)nn4c3CCCC4)c2n1C. The van der Waals surface area contributed by atoms with Crippen LogP contribution in [0.15, 0.2) is 18.2 Å². The van der Waals surface area contributed by atoms with Gasteiger partial charge in [0, 0.05) is 61.3 Å². The van der Waals surface area contributed by atoms with E-state index in [2.05, 4.69) is 9.78 Å². The van der Waals surface area contributed by atoms with E-state index < -0.39 is 5.97 Å². The maximum absolute atomic E-state index is 13.1. The molecule has 9 nitrogen and oxygen atoms in total. The molecule has 3 aromatic heterocycles. The summed E-state index contributed by atoms with van der Waals surface area (Å²) in [6.45, 7) is 2.53. The zero-order chi connectivity index (χ0) is 30.0. The molecule has 0 unspecified atom stereocenters. The third kappa shape index (κ3) is 5.94. The highest BCUT2D eigenvalue weighted by Gasteiger charge is 2.29. The average molecular weight is 633 g/mol. The fourth-order valence-corrected chi connectivity index (χ4v) is 7.21. The molecular weight excluding hydrogens is 597 g/mol. The van der Waals surface area contributed by atoms with Crippen LogP contribution in [0.25, 0.3) is 22.0 Å². The molecule has 0 N–H and O–H groups in total. The van der Waals surface area contributed by atoms with Crippen molar-refractivity contribution in [1.29, 1.82) is 0 Å². The van der Waals surface area contributed by atoms with Gasteiger partial charge in [-0.05, 0) is 49.8 Å². The summed E-state index contributed by atoms with van der Waals surface area (Å²) in [4.78, 5) is 24.4. The molecule has 12 heteroatoms. The number of carbonyl (C=O) groups is 2. The van der Waals surface area contributed by atoms with Crippen molar-refractivity contribution in [2.24, 2.45) is 14.1 Å². The number of hydrogen-bond acceptors (Lipinski definition) is 7. The maximum atomic E-state index is 13.1. The molecule has 0 saturated heterocycles. The Balaban J connectivity index is 1.59. The first kappa shape index (κ1) is 30.5. The summed E-state index contributed by atoms with van der Waals surface area (Å²) in [6.07, 6.45) is 4.18. The van der Waals surface area contributed by atoms with Gasteiger partial charge in [-0.1, -0.05) is 17.7 Å². The van der Waals surface area contributed by atoms with Crippen LogP contribution in [0.3, 0.4) is 0 Å². The van der Waals surface area contributed by atoms with Gasteiger partial charge in [-0.3, -0.25) is 14.2 Å². The van der Waals surface area contributed by atoms with E-state index in [1.165, 1.54) is 19.7 Å². The van der Waals surface area contributed by atoms with Gasteiger partial charge in [0.2, 0.25) is 0 Å². The third-order valence-corrected chi connectivity index (χ3v) is 9.30. The summed E-state index contributed by atoms with van der Waals surface area (Å²) in [5, 5.41) is 11.2. The molecule has 0 amide bonds. The minimum Gasteiger partial charge on any atom is -0.466 e. The van der Waals surface area contributed by atoms with Gasteiger partial charge < -0.3 is 14.0 Å². The molecule has 224 valence electrons. The topological polar surface area (TPSA) is 93.2 Å². The van der Waals surface area contributed by atoms with Crippen LogP contribution in [0, 0.1) is 0 Å². The van der Waals surface area contributed by atoms with E-state index in [4.69, 9.17) is 37.8 Å². The molecular formula is C30H35Cl2N5O4S. The highest BCUT2D eigenvalue weighted by atomic mass is 35.5. The lowest BCUT2D eigenvalue weighted by Gasteiger charge is -2.16. The van der Waals surface area contributed by atoms with E-state index in [1.54, 1.807) is 11.8 Å². The Labute approximate surface area is 259 Å². The number of benzene rings is 1. The van der Waals surface area contributed by atoms with Crippen molar-refractivity contribution in [3.63, 3.8) is 0 Å². The monoisotopic (exact) mass is 631 g/mol. The van der Waals surface area contributed by atoms with E-state index in [0.717, 1.165) is 76.2 Å². The maximum Gasteiger partial charge on any atom is 0.354 e. The molecule has 0 bridgehead atoms. The zero-order valence-electron chi connectivity index (χ0n) is 24.3. The fourth-order valence-electron chi connectivity index (χ4n) is 5.87. The second kappa shape index (κ2) is 13.1. The quantitative estimate of drug-likeness (QED) is 0.110. The molecule has 0 spiro atoms. The Morgan fingerprint density at radius 3 is 2.64 bits per heavy atom. The van der Waals surface area contributed by atoms with Gasteiger partial charge in [-0.2, -0.15) is 10.2 Å². The second-order valence-corrected chi connectivity index (χ2v) is 12.1. The lowest BCUT2D eigenvalue weighted by Crippen LogP contribution is -2.12. The van der Waals surface area contributed by atoms with Crippen LogP contribution in [-0.2, 0) is 65.1 Å². The molecule has 0 radical (unpaired) electrons. The van der Waals surface area contributed by atoms with Gasteiger partial charge in [0.1, 0.15) is 5.69 Å². The van der Waals surface area contributed by atoms with Crippen molar-refractivity contribution in [2.45, 2.75) is 63.0 Å². The normalized spacial score (nSPS) is 13.0. The average Bonchev–Trinajstić information content (AvgIpc) is 3.61. The van der Waals surface area contributed by atoms with E-state index >= 15 is 0 Å². The number of thioether (sulfide) groups is 1. The van der Waals surface area contributed by atoms with E-state index in [1.807, 2.05) is 41.5 Å². The van der Waals surface area contributed by atoms with Gasteiger partial charge in [-0.25, -0.2) is 4.79 Å². The van der Waals surface area contributed by atoms with Crippen LogP contribution in [0.1, 0.15) is 65.0 Å². The van der Waals surface area contributed by atoms with Crippen LogP contribution >= 0.6 is 35.0 Å². The molecule has 1 aliphatic heterocycles. The minimum absolute atomic E-state index is 0.272. The molecule has 0 saturated carbocycles. The van der Waals surface area contributed by atoms with Crippen molar-refractivity contribution in [2.75, 3.05) is 13.7 Å². The van der Waals surface area contributed by atoms with Crippen molar-refractivity contribution >= 4 is 57.8 Å². The van der Waals surface area contributed by atoms with Gasteiger partial charge in [0.25, 0.3) is 0 Å². The van der Waals surface area contributed by atoms with Crippen LogP contribution in [0.5, 0.6) is 0 Å². The minimum atomic E-state index is -0.419. The summed E-state index contributed by atoms with van der Waals surface area (Å²) in [7, 11) is 5.17. The molecule has 0 fully saturated rings. The first-order chi connectivity index (χ1) is 20.2. The number of nitrogens with zero attached hydrogens (tertiary/aromatic N) is 5. The Morgan fingerprint density at radius 1 is 1.12 bits per heavy atom. The Kier molecular flexibility index (Phi) is 9.54. The number of halogens is 2. The third-order valence-electron chi connectivity index (χ3n) is 7.73. The number of aromatic nitrogens is 5. The predicted octanol–water partition coefficient (Wildman–Crippen LogP) is 6.22. The van der Waals surface area contributed by atoms with Crippen LogP contribution in [0.4, 0.5) is 0 Å².